The molecule has 4 aromatic rings. The number of amides is 2. The van der Waals surface area contributed by atoms with Crippen LogP contribution in [0.2, 0.25) is 0 Å². The van der Waals surface area contributed by atoms with Crippen LogP contribution in [0.15, 0.2) is 95.9 Å². The molecule has 0 aromatic heterocycles. The van der Waals surface area contributed by atoms with Gasteiger partial charge in [0.1, 0.15) is 5.82 Å². The predicted octanol–water partition coefficient (Wildman–Crippen LogP) is 5.30. The number of aryl methyl sites for hydroxylation is 1. The van der Waals surface area contributed by atoms with E-state index < -0.39 is 21.9 Å². The summed E-state index contributed by atoms with van der Waals surface area (Å²) in [5.41, 5.74) is 2.09. The fraction of sp³-hybridized carbons (Fsp3) is 0.115. The highest BCUT2D eigenvalue weighted by Crippen LogP contribution is 2.23. The maximum atomic E-state index is 13.4. The number of rotatable bonds is 7. The minimum atomic E-state index is -3.83. The molecule has 0 aliphatic rings. The van der Waals surface area contributed by atoms with Gasteiger partial charge in [0.05, 0.1) is 4.90 Å². The second kappa shape index (κ2) is 10.0. The minimum Gasteiger partial charge on any atom is -0.308 e. The first-order valence-electron chi connectivity index (χ1n) is 10.7. The monoisotopic (exact) mass is 477 g/mol. The van der Waals surface area contributed by atoms with Crippen LogP contribution in [-0.4, -0.2) is 27.5 Å². The Morgan fingerprint density at radius 2 is 1.56 bits per heavy atom. The molecule has 34 heavy (non-hydrogen) atoms. The lowest BCUT2D eigenvalue weighted by atomic mass is 10.1. The molecule has 6 nitrogen and oxygen atoms in total. The molecule has 0 aliphatic heterocycles. The van der Waals surface area contributed by atoms with E-state index in [1.54, 1.807) is 36.4 Å². The maximum absolute atomic E-state index is 13.4. The lowest BCUT2D eigenvalue weighted by Crippen LogP contribution is -2.41. The zero-order valence-corrected chi connectivity index (χ0v) is 19.3. The van der Waals surface area contributed by atoms with E-state index in [1.165, 1.54) is 29.2 Å². The SMILES string of the molecule is Cc1ccc(NC(=O)N(CCNS(=O)(=O)c2cccc3ccccc23)c2ccc(F)cc2)cc1. The van der Waals surface area contributed by atoms with Crippen molar-refractivity contribution in [1.82, 2.24) is 4.72 Å². The molecule has 0 spiro atoms. The zero-order chi connectivity index (χ0) is 24.1. The molecule has 0 saturated carbocycles. The summed E-state index contributed by atoms with van der Waals surface area (Å²) >= 11 is 0. The van der Waals surface area contributed by atoms with Crippen LogP contribution in [0.25, 0.3) is 10.8 Å². The first-order valence-corrected chi connectivity index (χ1v) is 12.2. The number of benzene rings is 4. The molecule has 0 atom stereocenters. The number of carbonyl (C=O) groups excluding carboxylic acids is 1. The average molecular weight is 478 g/mol. The highest BCUT2D eigenvalue weighted by atomic mass is 32.2. The van der Waals surface area contributed by atoms with Crippen molar-refractivity contribution in [3.05, 3.63) is 102 Å². The summed E-state index contributed by atoms with van der Waals surface area (Å²) < 4.78 is 42.1. The average Bonchev–Trinajstić information content (AvgIpc) is 2.83. The van der Waals surface area contributed by atoms with Crippen LogP contribution in [0.4, 0.5) is 20.6 Å². The number of anilines is 2. The largest absolute Gasteiger partial charge is 0.326 e. The fourth-order valence-electron chi connectivity index (χ4n) is 3.60. The summed E-state index contributed by atoms with van der Waals surface area (Å²) in [6.07, 6.45) is 0. The van der Waals surface area contributed by atoms with Gasteiger partial charge in [-0.15, -0.1) is 0 Å². The molecular weight excluding hydrogens is 453 g/mol. The first-order chi connectivity index (χ1) is 16.3. The first kappa shape index (κ1) is 23.4. The number of nitrogens with one attached hydrogen (secondary N) is 2. The summed E-state index contributed by atoms with van der Waals surface area (Å²) in [4.78, 5) is 14.6. The Bertz CT molecular complexity index is 1400. The quantitative estimate of drug-likeness (QED) is 0.379. The van der Waals surface area contributed by atoms with E-state index in [1.807, 2.05) is 37.3 Å². The summed E-state index contributed by atoms with van der Waals surface area (Å²) in [6, 6.07) is 24.6. The zero-order valence-electron chi connectivity index (χ0n) is 18.5. The number of hydrogen-bond donors (Lipinski definition) is 2. The molecule has 0 radical (unpaired) electrons. The molecule has 0 fully saturated rings. The summed E-state index contributed by atoms with van der Waals surface area (Å²) in [5, 5.41) is 4.23. The van der Waals surface area contributed by atoms with Gasteiger partial charge in [-0.25, -0.2) is 22.3 Å². The Morgan fingerprint density at radius 1 is 0.882 bits per heavy atom. The molecule has 4 rings (SSSR count). The second-order valence-corrected chi connectivity index (χ2v) is 9.53. The molecule has 0 aliphatic carbocycles. The van der Waals surface area contributed by atoms with E-state index in [0.29, 0.717) is 16.8 Å². The van der Waals surface area contributed by atoms with Crippen LogP contribution < -0.4 is 14.9 Å². The highest BCUT2D eigenvalue weighted by Gasteiger charge is 2.20. The standard InChI is InChI=1S/C26H24FN3O3S/c1-19-9-13-22(14-10-19)29-26(31)30(23-15-11-21(27)12-16-23)18-17-28-34(32,33)25-8-4-6-20-5-2-3-7-24(20)25/h2-16,28H,17-18H2,1H3,(H,29,31). The predicted molar refractivity (Wildman–Crippen MR) is 133 cm³/mol. The van der Waals surface area contributed by atoms with Crippen molar-refractivity contribution in [2.75, 3.05) is 23.3 Å². The van der Waals surface area contributed by atoms with Crippen LogP contribution in [0.1, 0.15) is 5.56 Å². The van der Waals surface area contributed by atoms with E-state index in [9.17, 15) is 17.6 Å². The van der Waals surface area contributed by atoms with Crippen molar-refractivity contribution in [2.45, 2.75) is 11.8 Å². The Hall–Kier alpha value is -3.75. The van der Waals surface area contributed by atoms with Crippen molar-refractivity contribution in [3.63, 3.8) is 0 Å². The normalized spacial score (nSPS) is 11.4. The Kier molecular flexibility index (Phi) is 6.90. The van der Waals surface area contributed by atoms with E-state index in [-0.39, 0.29) is 18.0 Å². The number of halogens is 1. The van der Waals surface area contributed by atoms with E-state index in [4.69, 9.17) is 0 Å². The van der Waals surface area contributed by atoms with Gasteiger partial charge >= 0.3 is 6.03 Å². The lowest BCUT2D eigenvalue weighted by molar-refractivity contribution is 0.257. The van der Waals surface area contributed by atoms with Gasteiger partial charge in [-0.05, 0) is 54.8 Å². The Balaban J connectivity index is 1.52. The van der Waals surface area contributed by atoms with Crippen LogP contribution in [0.5, 0.6) is 0 Å². The van der Waals surface area contributed by atoms with Crippen molar-refractivity contribution in [3.8, 4) is 0 Å². The van der Waals surface area contributed by atoms with Gasteiger partial charge in [0.25, 0.3) is 0 Å². The fourth-order valence-corrected chi connectivity index (χ4v) is 4.85. The third kappa shape index (κ3) is 5.41. The van der Waals surface area contributed by atoms with Crippen molar-refractivity contribution >= 4 is 38.2 Å². The number of sulfonamides is 1. The van der Waals surface area contributed by atoms with Gasteiger partial charge in [-0.2, -0.15) is 0 Å². The van der Waals surface area contributed by atoms with Gasteiger partial charge in [-0.1, -0.05) is 54.1 Å². The van der Waals surface area contributed by atoms with Crippen molar-refractivity contribution in [1.29, 1.82) is 0 Å². The van der Waals surface area contributed by atoms with Crippen molar-refractivity contribution in [2.24, 2.45) is 0 Å². The maximum Gasteiger partial charge on any atom is 0.326 e. The molecular formula is C26H24FN3O3S. The minimum absolute atomic E-state index is 0.0350. The molecule has 2 N–H and O–H groups in total. The molecule has 2 amide bonds. The topological polar surface area (TPSA) is 78.5 Å². The van der Waals surface area contributed by atoms with Gasteiger partial charge < -0.3 is 5.32 Å². The van der Waals surface area contributed by atoms with E-state index >= 15 is 0 Å². The van der Waals surface area contributed by atoms with Gasteiger partial charge in [0.2, 0.25) is 10.0 Å². The van der Waals surface area contributed by atoms with Gasteiger partial charge in [0.15, 0.2) is 0 Å². The van der Waals surface area contributed by atoms with Crippen LogP contribution in [-0.2, 0) is 10.0 Å². The Labute approximate surface area is 198 Å². The van der Waals surface area contributed by atoms with Crippen molar-refractivity contribution < 1.29 is 17.6 Å². The smallest absolute Gasteiger partial charge is 0.308 e. The summed E-state index contributed by atoms with van der Waals surface area (Å²) in [7, 11) is -3.83. The molecule has 8 heteroatoms. The number of hydrogen-bond acceptors (Lipinski definition) is 3. The summed E-state index contributed by atoms with van der Waals surface area (Å²) in [6.45, 7) is 1.94. The highest BCUT2D eigenvalue weighted by molar-refractivity contribution is 7.89. The molecule has 0 saturated heterocycles. The Morgan fingerprint density at radius 3 is 2.29 bits per heavy atom. The van der Waals surface area contributed by atoms with Gasteiger partial charge in [-0.3, -0.25) is 4.90 Å². The molecule has 4 aromatic carbocycles. The molecule has 0 heterocycles. The lowest BCUT2D eigenvalue weighted by Gasteiger charge is -2.23. The second-order valence-electron chi connectivity index (χ2n) is 7.80. The number of urea groups is 1. The number of nitrogens with zero attached hydrogens (tertiary/aromatic N) is 1. The third-order valence-corrected chi connectivity index (χ3v) is 6.87. The number of fused-ring (bicyclic) bond motifs is 1. The molecule has 0 bridgehead atoms. The molecule has 0 unspecified atom stereocenters. The summed E-state index contributed by atoms with van der Waals surface area (Å²) in [5.74, 6) is -0.431. The van der Waals surface area contributed by atoms with Crippen LogP contribution >= 0.6 is 0 Å². The van der Waals surface area contributed by atoms with E-state index in [0.717, 1.165) is 10.9 Å². The van der Waals surface area contributed by atoms with E-state index in [2.05, 4.69) is 10.0 Å². The van der Waals surface area contributed by atoms with Crippen LogP contribution in [0.3, 0.4) is 0 Å². The third-order valence-electron chi connectivity index (χ3n) is 5.35. The van der Waals surface area contributed by atoms with Gasteiger partial charge in [0, 0.05) is 29.9 Å². The number of carbonyl (C=O) groups is 1. The molecule has 174 valence electrons. The van der Waals surface area contributed by atoms with Crippen LogP contribution in [0, 0.1) is 12.7 Å².